The molecule has 1 fully saturated rings. The summed E-state index contributed by atoms with van der Waals surface area (Å²) < 4.78 is 26.3. The van der Waals surface area contributed by atoms with Gasteiger partial charge in [0, 0.05) is 24.6 Å². The van der Waals surface area contributed by atoms with Crippen LogP contribution in [0.2, 0.25) is 0 Å². The molecule has 3 rings (SSSR count). The van der Waals surface area contributed by atoms with Gasteiger partial charge in [-0.2, -0.15) is 0 Å². The Morgan fingerprint density at radius 1 is 1.11 bits per heavy atom. The predicted octanol–water partition coefficient (Wildman–Crippen LogP) is 2.82. The van der Waals surface area contributed by atoms with Crippen LogP contribution in [-0.4, -0.2) is 48.8 Å². The smallest absolute Gasteiger partial charge is 0.277 e. The summed E-state index contributed by atoms with van der Waals surface area (Å²) in [4.78, 5) is 26.7. The number of nitrogens with two attached hydrogens (primary N) is 1. The first-order valence-corrected chi connectivity index (χ1v) is 9.04. The molecular formula is C20H24ClF2N3O2. The number of likely N-dealkylation sites (tertiary alicyclic amines) is 1. The van der Waals surface area contributed by atoms with Crippen LogP contribution in [0, 0.1) is 5.92 Å². The Balaban J connectivity index is 0.00000280. The van der Waals surface area contributed by atoms with Crippen molar-refractivity contribution in [2.45, 2.75) is 18.8 Å². The van der Waals surface area contributed by atoms with Crippen LogP contribution in [0.1, 0.15) is 23.2 Å². The molecule has 0 aliphatic carbocycles. The minimum atomic E-state index is -3.10. The number of nitrogens with one attached hydrogen (secondary N) is 1. The second kappa shape index (κ2) is 9.30. The van der Waals surface area contributed by atoms with Crippen LogP contribution in [0.25, 0.3) is 10.8 Å². The molecule has 0 saturated carbocycles. The normalized spacial score (nSPS) is 15.2. The Hall–Kier alpha value is -2.25. The van der Waals surface area contributed by atoms with Gasteiger partial charge < -0.3 is 16.0 Å². The summed E-state index contributed by atoms with van der Waals surface area (Å²) in [6.07, 6.45) is 0.910. The highest BCUT2D eigenvalue weighted by atomic mass is 35.5. The summed E-state index contributed by atoms with van der Waals surface area (Å²) in [5, 5.41) is 4.17. The van der Waals surface area contributed by atoms with Crippen molar-refractivity contribution >= 4 is 35.0 Å². The van der Waals surface area contributed by atoms with E-state index in [-0.39, 0.29) is 24.2 Å². The molecular weight excluding hydrogens is 388 g/mol. The lowest BCUT2D eigenvalue weighted by Gasteiger charge is -2.32. The number of rotatable bonds is 5. The third kappa shape index (κ3) is 4.97. The molecule has 0 atom stereocenters. The van der Waals surface area contributed by atoms with E-state index in [0.717, 1.165) is 10.8 Å². The molecule has 1 saturated heterocycles. The largest absolute Gasteiger partial charge is 0.350 e. The highest BCUT2D eigenvalue weighted by molar-refractivity contribution is 6.07. The standard InChI is InChI=1S/C20H23F2N3O2.ClH/c21-20(22,12-23)13-24-18(26)15-8-10-25(11-9-15)19(27)17-7-3-5-14-4-1-2-6-16(14)17;/h1-7,15H,8-13,23H2,(H,24,26);1H. The van der Waals surface area contributed by atoms with Crippen molar-refractivity contribution in [3.63, 3.8) is 0 Å². The van der Waals surface area contributed by atoms with Crippen LogP contribution in [0.3, 0.4) is 0 Å². The number of hydrogen-bond donors (Lipinski definition) is 2. The van der Waals surface area contributed by atoms with Gasteiger partial charge in [-0.15, -0.1) is 12.4 Å². The van der Waals surface area contributed by atoms with Crippen LogP contribution < -0.4 is 11.1 Å². The molecule has 2 aromatic rings. The fraction of sp³-hybridized carbons (Fsp3) is 0.400. The lowest BCUT2D eigenvalue weighted by atomic mass is 9.94. The molecule has 1 aliphatic heterocycles. The molecule has 1 heterocycles. The number of alkyl halides is 2. The van der Waals surface area contributed by atoms with Gasteiger partial charge >= 0.3 is 0 Å². The van der Waals surface area contributed by atoms with Gasteiger partial charge in [-0.3, -0.25) is 9.59 Å². The minimum absolute atomic E-state index is 0. The maximum absolute atomic E-state index is 13.2. The van der Waals surface area contributed by atoms with Crippen LogP contribution >= 0.6 is 12.4 Å². The minimum Gasteiger partial charge on any atom is -0.350 e. The fourth-order valence-corrected chi connectivity index (χ4v) is 3.36. The second-order valence-electron chi connectivity index (χ2n) is 6.87. The number of nitrogens with zero attached hydrogens (tertiary/aromatic N) is 1. The number of piperidine rings is 1. The first-order chi connectivity index (χ1) is 12.9. The van der Waals surface area contributed by atoms with Crippen molar-refractivity contribution < 1.29 is 18.4 Å². The van der Waals surface area contributed by atoms with Crippen LogP contribution in [0.15, 0.2) is 42.5 Å². The molecule has 5 nitrogen and oxygen atoms in total. The van der Waals surface area contributed by atoms with Crippen molar-refractivity contribution in [3.05, 3.63) is 48.0 Å². The Morgan fingerprint density at radius 2 is 1.75 bits per heavy atom. The molecule has 152 valence electrons. The number of carbonyl (C=O) groups excluding carboxylic acids is 2. The van der Waals surface area contributed by atoms with Crippen molar-refractivity contribution in [1.82, 2.24) is 10.2 Å². The third-order valence-corrected chi connectivity index (χ3v) is 4.99. The molecule has 1 aliphatic rings. The highest BCUT2D eigenvalue weighted by Gasteiger charge is 2.31. The van der Waals surface area contributed by atoms with E-state index < -0.39 is 24.9 Å². The summed E-state index contributed by atoms with van der Waals surface area (Å²) in [6.45, 7) is -0.705. The molecule has 0 unspecified atom stereocenters. The Morgan fingerprint density at radius 3 is 2.43 bits per heavy atom. The van der Waals surface area contributed by atoms with Gasteiger partial charge in [0.25, 0.3) is 11.8 Å². The average Bonchev–Trinajstić information content (AvgIpc) is 2.71. The van der Waals surface area contributed by atoms with E-state index in [0.29, 0.717) is 31.5 Å². The number of halogens is 3. The van der Waals surface area contributed by atoms with Crippen LogP contribution in [0.4, 0.5) is 8.78 Å². The lowest BCUT2D eigenvalue weighted by Crippen LogP contribution is -2.46. The quantitative estimate of drug-likeness (QED) is 0.794. The fourth-order valence-electron chi connectivity index (χ4n) is 3.36. The van der Waals surface area contributed by atoms with Crippen LogP contribution in [-0.2, 0) is 4.79 Å². The van der Waals surface area contributed by atoms with Crippen molar-refractivity contribution in [2.24, 2.45) is 11.7 Å². The first-order valence-electron chi connectivity index (χ1n) is 9.04. The summed E-state index contributed by atoms with van der Waals surface area (Å²) in [5.74, 6) is -3.93. The van der Waals surface area contributed by atoms with Gasteiger partial charge in [-0.05, 0) is 29.7 Å². The van der Waals surface area contributed by atoms with E-state index in [1.807, 2.05) is 36.4 Å². The Kier molecular flexibility index (Phi) is 7.32. The van der Waals surface area contributed by atoms with E-state index in [9.17, 15) is 18.4 Å². The monoisotopic (exact) mass is 411 g/mol. The number of fused-ring (bicyclic) bond motifs is 1. The number of amides is 2. The Bertz CT molecular complexity index is 834. The average molecular weight is 412 g/mol. The van der Waals surface area contributed by atoms with E-state index >= 15 is 0 Å². The van der Waals surface area contributed by atoms with Gasteiger partial charge in [-0.1, -0.05) is 36.4 Å². The summed E-state index contributed by atoms with van der Waals surface area (Å²) in [6, 6.07) is 13.3. The van der Waals surface area contributed by atoms with Crippen molar-refractivity contribution in [2.75, 3.05) is 26.2 Å². The highest BCUT2D eigenvalue weighted by Crippen LogP contribution is 2.24. The van der Waals surface area contributed by atoms with E-state index in [1.165, 1.54) is 0 Å². The molecule has 3 N–H and O–H groups in total. The molecule has 0 spiro atoms. The molecule has 0 radical (unpaired) electrons. The first kappa shape index (κ1) is 22.0. The molecule has 2 aromatic carbocycles. The van der Waals surface area contributed by atoms with E-state index in [4.69, 9.17) is 5.73 Å². The van der Waals surface area contributed by atoms with E-state index in [1.54, 1.807) is 11.0 Å². The van der Waals surface area contributed by atoms with Crippen molar-refractivity contribution in [1.29, 1.82) is 0 Å². The summed E-state index contributed by atoms with van der Waals surface area (Å²) in [7, 11) is 0. The van der Waals surface area contributed by atoms with Gasteiger partial charge in [0.15, 0.2) is 0 Å². The van der Waals surface area contributed by atoms with Crippen LogP contribution in [0.5, 0.6) is 0 Å². The number of hydrogen-bond acceptors (Lipinski definition) is 3. The maximum Gasteiger partial charge on any atom is 0.277 e. The SMILES string of the molecule is Cl.NCC(F)(F)CNC(=O)C1CCN(C(=O)c2cccc3ccccc23)CC1. The zero-order chi connectivity index (χ0) is 19.4. The molecule has 2 amide bonds. The predicted molar refractivity (Wildman–Crippen MR) is 107 cm³/mol. The third-order valence-electron chi connectivity index (χ3n) is 4.99. The molecule has 8 heteroatoms. The lowest BCUT2D eigenvalue weighted by molar-refractivity contribution is -0.128. The molecule has 0 bridgehead atoms. The zero-order valence-electron chi connectivity index (χ0n) is 15.4. The molecule has 0 aromatic heterocycles. The number of benzene rings is 2. The van der Waals surface area contributed by atoms with E-state index in [2.05, 4.69) is 5.32 Å². The van der Waals surface area contributed by atoms with Gasteiger partial charge in [-0.25, -0.2) is 8.78 Å². The molecule has 28 heavy (non-hydrogen) atoms. The maximum atomic E-state index is 13.2. The summed E-state index contributed by atoms with van der Waals surface area (Å²) in [5.41, 5.74) is 5.61. The number of carbonyl (C=O) groups is 2. The topological polar surface area (TPSA) is 75.4 Å². The second-order valence-corrected chi connectivity index (χ2v) is 6.87. The Labute approximate surface area is 168 Å². The van der Waals surface area contributed by atoms with Gasteiger partial charge in [0.05, 0.1) is 13.1 Å². The summed E-state index contributed by atoms with van der Waals surface area (Å²) >= 11 is 0. The van der Waals surface area contributed by atoms with Gasteiger partial charge in [0.2, 0.25) is 5.91 Å². The van der Waals surface area contributed by atoms with Gasteiger partial charge in [0.1, 0.15) is 0 Å². The van der Waals surface area contributed by atoms with Crippen molar-refractivity contribution in [3.8, 4) is 0 Å². The zero-order valence-corrected chi connectivity index (χ0v) is 16.2.